The maximum atomic E-state index is 12.4. The molecule has 0 heterocycles. The Balaban J connectivity index is 1.86. The third-order valence-electron chi connectivity index (χ3n) is 3.65. The number of carbonyl (C=O) groups excluding carboxylic acids is 1. The molecule has 0 bridgehead atoms. The molecule has 0 spiro atoms. The molecule has 0 aromatic heterocycles. The van der Waals surface area contributed by atoms with E-state index >= 15 is 0 Å². The van der Waals surface area contributed by atoms with Crippen molar-refractivity contribution in [3.8, 4) is 11.1 Å². The molecule has 23 heavy (non-hydrogen) atoms. The summed E-state index contributed by atoms with van der Waals surface area (Å²) in [5.74, 6) is -0.118. The summed E-state index contributed by atoms with van der Waals surface area (Å²) in [6.07, 6.45) is 0. The number of hydrogen-bond donors (Lipinski definition) is 2. The van der Waals surface area contributed by atoms with Gasteiger partial charge < -0.3 is 11.1 Å². The highest BCUT2D eigenvalue weighted by atomic mass is 16.1. The monoisotopic (exact) mass is 302 g/mol. The minimum Gasteiger partial charge on any atom is -0.326 e. The molecule has 3 nitrogen and oxygen atoms in total. The number of amides is 1. The van der Waals surface area contributed by atoms with Crippen LogP contribution in [0.1, 0.15) is 15.9 Å². The maximum absolute atomic E-state index is 12.4. The van der Waals surface area contributed by atoms with Crippen LogP contribution in [0.25, 0.3) is 11.1 Å². The van der Waals surface area contributed by atoms with E-state index in [-0.39, 0.29) is 5.91 Å². The summed E-state index contributed by atoms with van der Waals surface area (Å²) >= 11 is 0. The van der Waals surface area contributed by atoms with Crippen molar-refractivity contribution >= 4 is 11.6 Å². The molecule has 1 amide bonds. The summed E-state index contributed by atoms with van der Waals surface area (Å²) in [4.78, 5) is 12.4. The minimum absolute atomic E-state index is 0.118. The Kier molecular flexibility index (Phi) is 4.50. The van der Waals surface area contributed by atoms with Crippen LogP contribution >= 0.6 is 0 Å². The Morgan fingerprint density at radius 2 is 1.52 bits per heavy atom. The Bertz CT molecular complexity index is 813. The average molecular weight is 302 g/mol. The van der Waals surface area contributed by atoms with Gasteiger partial charge in [0.1, 0.15) is 0 Å². The normalized spacial score (nSPS) is 10.3. The van der Waals surface area contributed by atoms with Crippen LogP contribution in [0.2, 0.25) is 0 Å². The van der Waals surface area contributed by atoms with Crippen LogP contribution in [0, 0.1) is 0 Å². The fraction of sp³-hybridized carbons (Fsp3) is 0.0500. The number of rotatable bonds is 4. The van der Waals surface area contributed by atoms with Gasteiger partial charge in [-0.25, -0.2) is 0 Å². The van der Waals surface area contributed by atoms with Gasteiger partial charge >= 0.3 is 0 Å². The third-order valence-corrected chi connectivity index (χ3v) is 3.65. The van der Waals surface area contributed by atoms with Crippen molar-refractivity contribution in [2.24, 2.45) is 5.73 Å². The lowest BCUT2D eigenvalue weighted by molar-refractivity contribution is 0.102. The van der Waals surface area contributed by atoms with Gasteiger partial charge in [0.2, 0.25) is 0 Å². The molecule has 3 aromatic carbocycles. The molecule has 114 valence electrons. The third kappa shape index (κ3) is 3.65. The van der Waals surface area contributed by atoms with E-state index in [2.05, 4.69) is 5.32 Å². The largest absolute Gasteiger partial charge is 0.326 e. The molecule has 0 aliphatic rings. The quantitative estimate of drug-likeness (QED) is 0.763. The van der Waals surface area contributed by atoms with Crippen LogP contribution in [0.3, 0.4) is 0 Å². The summed E-state index contributed by atoms with van der Waals surface area (Å²) in [5.41, 5.74) is 10.2. The van der Waals surface area contributed by atoms with E-state index < -0.39 is 0 Å². The van der Waals surface area contributed by atoms with Crippen molar-refractivity contribution in [3.63, 3.8) is 0 Å². The lowest BCUT2D eigenvalue weighted by Gasteiger charge is -2.08. The van der Waals surface area contributed by atoms with Crippen molar-refractivity contribution in [1.82, 2.24) is 0 Å². The smallest absolute Gasteiger partial charge is 0.255 e. The van der Waals surface area contributed by atoms with Crippen molar-refractivity contribution < 1.29 is 4.79 Å². The Hall–Kier alpha value is -2.91. The average Bonchev–Trinajstić information content (AvgIpc) is 2.63. The van der Waals surface area contributed by atoms with Gasteiger partial charge in [-0.2, -0.15) is 0 Å². The SMILES string of the molecule is NCc1cccc(-c2cccc(C(=O)Nc3ccccc3)c2)c1. The first kappa shape index (κ1) is 15.0. The number of nitrogens with one attached hydrogen (secondary N) is 1. The number of benzene rings is 3. The molecule has 3 aromatic rings. The highest BCUT2D eigenvalue weighted by Gasteiger charge is 2.07. The molecule has 0 fully saturated rings. The summed E-state index contributed by atoms with van der Waals surface area (Å²) in [5, 5.41) is 2.90. The Morgan fingerprint density at radius 3 is 2.26 bits per heavy atom. The minimum atomic E-state index is -0.118. The molecular weight excluding hydrogens is 284 g/mol. The van der Waals surface area contributed by atoms with Gasteiger partial charge in [0.25, 0.3) is 5.91 Å². The van der Waals surface area contributed by atoms with E-state index in [0.717, 1.165) is 22.4 Å². The molecule has 3 N–H and O–H groups in total. The summed E-state index contributed by atoms with van der Waals surface area (Å²) < 4.78 is 0. The van der Waals surface area contributed by atoms with Gasteiger partial charge in [-0.1, -0.05) is 48.5 Å². The first-order valence-corrected chi connectivity index (χ1v) is 7.52. The van der Waals surface area contributed by atoms with Crippen LogP contribution in [-0.2, 0) is 6.54 Å². The highest BCUT2D eigenvalue weighted by molar-refractivity contribution is 6.04. The second kappa shape index (κ2) is 6.90. The molecule has 0 aliphatic carbocycles. The Labute approximate surface area is 135 Å². The summed E-state index contributed by atoms with van der Waals surface area (Å²) in [6.45, 7) is 0.502. The number of anilines is 1. The fourth-order valence-electron chi connectivity index (χ4n) is 2.44. The van der Waals surface area contributed by atoms with Gasteiger partial charge in [0.15, 0.2) is 0 Å². The molecule has 0 radical (unpaired) electrons. The summed E-state index contributed by atoms with van der Waals surface area (Å²) in [7, 11) is 0. The molecule has 0 saturated carbocycles. The zero-order valence-electron chi connectivity index (χ0n) is 12.7. The zero-order chi connectivity index (χ0) is 16.1. The second-order valence-corrected chi connectivity index (χ2v) is 5.31. The number of carbonyl (C=O) groups is 1. The van der Waals surface area contributed by atoms with Gasteiger partial charge in [-0.15, -0.1) is 0 Å². The van der Waals surface area contributed by atoms with Gasteiger partial charge in [0, 0.05) is 17.8 Å². The van der Waals surface area contributed by atoms with E-state index in [1.54, 1.807) is 0 Å². The predicted octanol–water partition coefficient (Wildman–Crippen LogP) is 4.06. The van der Waals surface area contributed by atoms with Gasteiger partial charge in [-0.3, -0.25) is 4.79 Å². The van der Waals surface area contributed by atoms with E-state index in [4.69, 9.17) is 5.73 Å². The van der Waals surface area contributed by atoms with Crippen molar-refractivity contribution in [2.45, 2.75) is 6.54 Å². The number of nitrogens with two attached hydrogens (primary N) is 1. The maximum Gasteiger partial charge on any atom is 0.255 e. The van der Waals surface area contributed by atoms with E-state index in [1.165, 1.54) is 0 Å². The lowest BCUT2D eigenvalue weighted by Crippen LogP contribution is -2.11. The van der Waals surface area contributed by atoms with Crippen molar-refractivity contribution in [1.29, 1.82) is 0 Å². The van der Waals surface area contributed by atoms with Crippen LogP contribution in [0.15, 0.2) is 78.9 Å². The van der Waals surface area contributed by atoms with E-state index in [0.29, 0.717) is 12.1 Å². The second-order valence-electron chi connectivity index (χ2n) is 5.31. The Morgan fingerprint density at radius 1 is 0.826 bits per heavy atom. The molecule has 0 unspecified atom stereocenters. The van der Waals surface area contributed by atoms with E-state index in [9.17, 15) is 4.79 Å². The zero-order valence-corrected chi connectivity index (χ0v) is 12.7. The van der Waals surface area contributed by atoms with Gasteiger partial charge in [-0.05, 0) is 47.0 Å². The topological polar surface area (TPSA) is 55.1 Å². The predicted molar refractivity (Wildman–Crippen MR) is 94.2 cm³/mol. The first-order chi connectivity index (χ1) is 11.3. The van der Waals surface area contributed by atoms with Crippen LogP contribution < -0.4 is 11.1 Å². The molecule has 3 heteroatoms. The van der Waals surface area contributed by atoms with Crippen LogP contribution in [0.4, 0.5) is 5.69 Å². The van der Waals surface area contributed by atoms with E-state index in [1.807, 2.05) is 78.9 Å². The summed E-state index contributed by atoms with van der Waals surface area (Å²) in [6, 6.07) is 25.1. The molecule has 3 rings (SSSR count). The van der Waals surface area contributed by atoms with Crippen molar-refractivity contribution in [3.05, 3.63) is 90.0 Å². The molecular formula is C20H18N2O. The van der Waals surface area contributed by atoms with Gasteiger partial charge in [0.05, 0.1) is 0 Å². The fourth-order valence-corrected chi connectivity index (χ4v) is 2.44. The van der Waals surface area contributed by atoms with Crippen molar-refractivity contribution in [2.75, 3.05) is 5.32 Å². The molecule has 0 saturated heterocycles. The highest BCUT2D eigenvalue weighted by Crippen LogP contribution is 2.22. The molecule has 0 aliphatic heterocycles. The standard InChI is InChI=1S/C20H18N2O/c21-14-15-6-4-7-16(12-15)17-8-5-9-18(13-17)20(23)22-19-10-2-1-3-11-19/h1-13H,14,21H2,(H,22,23). The first-order valence-electron chi connectivity index (χ1n) is 7.52. The number of para-hydroxylation sites is 1. The van der Waals surface area contributed by atoms with Crippen LogP contribution in [-0.4, -0.2) is 5.91 Å². The number of hydrogen-bond acceptors (Lipinski definition) is 2. The molecule has 0 atom stereocenters. The lowest BCUT2D eigenvalue weighted by atomic mass is 10.0. The van der Waals surface area contributed by atoms with Crippen LogP contribution in [0.5, 0.6) is 0 Å².